The minimum absolute atomic E-state index is 0.482. The number of unbranched alkanes of at least 4 members (excludes halogenated alkanes) is 9. The molecule has 0 heterocycles. The zero-order chi connectivity index (χ0) is 14.3. The standard InChI is InChI=1S/C15H27NO2S/c1-2-3-4-5-6-7-8-9-10-11-12-14(17)15(18)16-13-19/h14,17H,2-12H2,1H3. The van der Waals surface area contributed by atoms with Crippen LogP contribution in [0.5, 0.6) is 0 Å². The van der Waals surface area contributed by atoms with Crippen molar-refractivity contribution in [2.45, 2.75) is 83.7 Å². The van der Waals surface area contributed by atoms with Crippen LogP contribution in [-0.2, 0) is 4.79 Å². The van der Waals surface area contributed by atoms with Gasteiger partial charge in [0.05, 0.1) is 5.16 Å². The maximum absolute atomic E-state index is 11.1. The highest BCUT2D eigenvalue weighted by Crippen LogP contribution is 2.12. The number of carbonyl (C=O) groups excluding carboxylic acids is 1. The number of nitrogens with zero attached hydrogens (tertiary/aromatic N) is 1. The zero-order valence-electron chi connectivity index (χ0n) is 12.1. The van der Waals surface area contributed by atoms with Gasteiger partial charge in [0.15, 0.2) is 0 Å². The molecular weight excluding hydrogens is 258 g/mol. The van der Waals surface area contributed by atoms with E-state index in [4.69, 9.17) is 0 Å². The first-order chi connectivity index (χ1) is 9.22. The topological polar surface area (TPSA) is 49.7 Å². The molecule has 0 aromatic rings. The summed E-state index contributed by atoms with van der Waals surface area (Å²) in [6.07, 6.45) is 11.9. The summed E-state index contributed by atoms with van der Waals surface area (Å²) in [7, 11) is 0. The van der Waals surface area contributed by atoms with E-state index in [1.54, 1.807) is 0 Å². The number of carbonyl (C=O) groups is 1. The third kappa shape index (κ3) is 12.2. The Hall–Kier alpha value is -0.570. The number of rotatable bonds is 12. The molecule has 0 aromatic heterocycles. The molecule has 0 aliphatic heterocycles. The lowest BCUT2D eigenvalue weighted by atomic mass is 10.0. The summed E-state index contributed by atoms with van der Waals surface area (Å²) in [5.74, 6) is -0.564. The Labute approximate surface area is 122 Å². The summed E-state index contributed by atoms with van der Waals surface area (Å²) in [5.41, 5.74) is 0. The Morgan fingerprint density at radius 2 is 1.53 bits per heavy atom. The Morgan fingerprint density at radius 1 is 1.05 bits per heavy atom. The largest absolute Gasteiger partial charge is 0.383 e. The van der Waals surface area contributed by atoms with Gasteiger partial charge in [-0.1, -0.05) is 71.1 Å². The van der Waals surface area contributed by atoms with Gasteiger partial charge in [-0.05, 0) is 18.6 Å². The second-order valence-electron chi connectivity index (χ2n) is 5.03. The van der Waals surface area contributed by atoms with E-state index in [0.717, 1.165) is 12.8 Å². The molecule has 0 saturated carbocycles. The van der Waals surface area contributed by atoms with Gasteiger partial charge < -0.3 is 5.11 Å². The molecule has 3 nitrogen and oxygen atoms in total. The van der Waals surface area contributed by atoms with Crippen molar-refractivity contribution >= 4 is 23.3 Å². The number of hydrogen-bond donors (Lipinski definition) is 1. The van der Waals surface area contributed by atoms with E-state index in [0.29, 0.717) is 6.42 Å². The minimum atomic E-state index is -0.996. The van der Waals surface area contributed by atoms with Crippen LogP contribution in [0.15, 0.2) is 4.99 Å². The van der Waals surface area contributed by atoms with Gasteiger partial charge in [-0.25, -0.2) is 0 Å². The summed E-state index contributed by atoms with van der Waals surface area (Å²) in [6, 6.07) is 0. The lowest BCUT2D eigenvalue weighted by Gasteiger charge is -2.05. The normalized spacial score (nSPS) is 11.9. The van der Waals surface area contributed by atoms with Gasteiger partial charge in [0.2, 0.25) is 0 Å². The van der Waals surface area contributed by atoms with Crippen LogP contribution >= 0.6 is 12.2 Å². The molecule has 0 fully saturated rings. The number of isothiocyanates is 1. The third-order valence-corrected chi connectivity index (χ3v) is 3.36. The molecule has 1 unspecified atom stereocenters. The molecule has 1 atom stereocenters. The lowest BCUT2D eigenvalue weighted by molar-refractivity contribution is -0.126. The predicted octanol–water partition coefficient (Wildman–Crippen LogP) is 4.29. The van der Waals surface area contributed by atoms with Crippen LogP contribution in [0.4, 0.5) is 0 Å². The number of thiocarbonyl (C=S) groups is 1. The van der Waals surface area contributed by atoms with Gasteiger partial charge in [-0.2, -0.15) is 4.99 Å². The summed E-state index contributed by atoms with van der Waals surface area (Å²) in [6.45, 7) is 2.23. The quantitative estimate of drug-likeness (QED) is 0.330. The summed E-state index contributed by atoms with van der Waals surface area (Å²) in [4.78, 5) is 14.4. The van der Waals surface area contributed by atoms with Crippen molar-refractivity contribution in [2.24, 2.45) is 4.99 Å². The first-order valence-corrected chi connectivity index (χ1v) is 7.93. The van der Waals surface area contributed by atoms with Crippen LogP contribution in [0.25, 0.3) is 0 Å². The van der Waals surface area contributed by atoms with Crippen molar-refractivity contribution in [3.63, 3.8) is 0 Å². The molecule has 0 radical (unpaired) electrons. The molecule has 0 bridgehead atoms. The molecule has 1 N–H and O–H groups in total. The average molecular weight is 285 g/mol. The molecular formula is C15H27NO2S. The van der Waals surface area contributed by atoms with Crippen LogP contribution in [0, 0.1) is 0 Å². The second-order valence-corrected chi connectivity index (χ2v) is 5.21. The highest BCUT2D eigenvalue weighted by Gasteiger charge is 2.12. The Balaban J connectivity index is 3.27. The summed E-state index contributed by atoms with van der Waals surface area (Å²) < 4.78 is 0. The van der Waals surface area contributed by atoms with Gasteiger partial charge in [-0.3, -0.25) is 4.79 Å². The maximum Gasteiger partial charge on any atom is 0.283 e. The number of hydrogen-bond acceptors (Lipinski definition) is 3. The van der Waals surface area contributed by atoms with E-state index >= 15 is 0 Å². The van der Waals surface area contributed by atoms with Crippen molar-refractivity contribution in [3.8, 4) is 0 Å². The van der Waals surface area contributed by atoms with E-state index < -0.39 is 12.0 Å². The molecule has 0 aliphatic rings. The average Bonchev–Trinajstić information content (AvgIpc) is 2.41. The molecule has 0 rings (SSSR count). The van der Waals surface area contributed by atoms with Crippen LogP contribution in [0.2, 0.25) is 0 Å². The number of amides is 1. The van der Waals surface area contributed by atoms with Crippen molar-refractivity contribution in [2.75, 3.05) is 0 Å². The van der Waals surface area contributed by atoms with Crippen molar-refractivity contribution in [3.05, 3.63) is 0 Å². The van der Waals surface area contributed by atoms with E-state index in [1.165, 1.54) is 51.4 Å². The highest BCUT2D eigenvalue weighted by atomic mass is 32.1. The van der Waals surface area contributed by atoms with Gasteiger partial charge in [-0.15, -0.1) is 0 Å². The van der Waals surface area contributed by atoms with Crippen molar-refractivity contribution in [1.82, 2.24) is 0 Å². The third-order valence-electron chi connectivity index (χ3n) is 3.27. The fourth-order valence-corrected chi connectivity index (χ4v) is 2.16. The number of aliphatic imine (C=N–C) groups is 1. The molecule has 0 aromatic carbocycles. The van der Waals surface area contributed by atoms with Gasteiger partial charge in [0, 0.05) is 0 Å². The summed E-state index contributed by atoms with van der Waals surface area (Å²) >= 11 is 4.32. The smallest absolute Gasteiger partial charge is 0.283 e. The zero-order valence-corrected chi connectivity index (χ0v) is 12.9. The molecule has 1 amide bonds. The Morgan fingerprint density at radius 3 is 2.00 bits per heavy atom. The first kappa shape index (κ1) is 18.4. The molecule has 0 spiro atoms. The first-order valence-electron chi connectivity index (χ1n) is 7.52. The number of aliphatic hydroxyl groups is 1. The predicted molar refractivity (Wildman–Crippen MR) is 82.5 cm³/mol. The van der Waals surface area contributed by atoms with Crippen LogP contribution in [-0.4, -0.2) is 22.3 Å². The molecule has 4 heteroatoms. The SMILES string of the molecule is CCCCCCCCCCCCC(O)C(=O)N=C=S. The fourth-order valence-electron chi connectivity index (χ4n) is 2.07. The minimum Gasteiger partial charge on any atom is -0.383 e. The molecule has 19 heavy (non-hydrogen) atoms. The Bertz CT molecular complexity index is 275. The monoisotopic (exact) mass is 285 g/mol. The van der Waals surface area contributed by atoms with E-state index in [9.17, 15) is 9.90 Å². The van der Waals surface area contributed by atoms with Crippen LogP contribution < -0.4 is 0 Å². The van der Waals surface area contributed by atoms with Crippen molar-refractivity contribution < 1.29 is 9.90 Å². The summed E-state index contributed by atoms with van der Waals surface area (Å²) in [5, 5.41) is 11.4. The highest BCUT2D eigenvalue weighted by molar-refractivity contribution is 7.78. The van der Waals surface area contributed by atoms with E-state index in [-0.39, 0.29) is 0 Å². The fraction of sp³-hybridized carbons (Fsp3) is 0.867. The maximum atomic E-state index is 11.1. The van der Waals surface area contributed by atoms with E-state index in [2.05, 4.69) is 24.1 Å². The molecule has 0 saturated heterocycles. The van der Waals surface area contributed by atoms with Crippen molar-refractivity contribution in [1.29, 1.82) is 0 Å². The number of aliphatic hydroxyl groups excluding tert-OH is 1. The van der Waals surface area contributed by atoms with Gasteiger partial charge in [0.25, 0.3) is 5.91 Å². The lowest BCUT2D eigenvalue weighted by Crippen LogP contribution is -2.17. The second kappa shape index (κ2) is 13.9. The molecule has 110 valence electrons. The molecule has 0 aliphatic carbocycles. The van der Waals surface area contributed by atoms with E-state index in [1.807, 2.05) is 5.16 Å². The van der Waals surface area contributed by atoms with Crippen LogP contribution in [0.3, 0.4) is 0 Å². The van der Waals surface area contributed by atoms with Gasteiger partial charge in [0.1, 0.15) is 6.10 Å². The van der Waals surface area contributed by atoms with Crippen LogP contribution in [0.1, 0.15) is 77.6 Å². The Kier molecular flexibility index (Phi) is 13.4. The van der Waals surface area contributed by atoms with Gasteiger partial charge >= 0.3 is 0 Å².